The lowest BCUT2D eigenvalue weighted by Gasteiger charge is -2.45. The molecule has 0 radical (unpaired) electrons. The highest BCUT2D eigenvalue weighted by Gasteiger charge is 2.32. The van der Waals surface area contributed by atoms with E-state index in [1.165, 1.54) is 11.1 Å². The van der Waals surface area contributed by atoms with Crippen LogP contribution in [0, 0.1) is 17.4 Å². The summed E-state index contributed by atoms with van der Waals surface area (Å²) in [7, 11) is 0. The van der Waals surface area contributed by atoms with Gasteiger partial charge >= 0.3 is 0 Å². The maximum atomic E-state index is 9.41. The number of aliphatic imine (C=N–C) groups is 1. The van der Waals surface area contributed by atoms with Gasteiger partial charge in [-0.3, -0.25) is 0 Å². The van der Waals surface area contributed by atoms with Gasteiger partial charge in [0.25, 0.3) is 0 Å². The molecule has 2 aliphatic rings. The van der Waals surface area contributed by atoms with E-state index in [0.29, 0.717) is 18.4 Å². The molecule has 9 heteroatoms. The van der Waals surface area contributed by atoms with Crippen molar-refractivity contribution in [1.29, 1.82) is 5.26 Å². The van der Waals surface area contributed by atoms with Crippen LogP contribution in [-0.2, 0) is 13.0 Å². The van der Waals surface area contributed by atoms with Crippen LogP contribution in [0.5, 0.6) is 0 Å². The molecule has 2 aliphatic heterocycles. The molecule has 1 unspecified atom stereocenters. The zero-order valence-electron chi connectivity index (χ0n) is 17.8. The molecule has 162 valence electrons. The van der Waals surface area contributed by atoms with E-state index in [0.717, 1.165) is 44.1 Å². The van der Waals surface area contributed by atoms with Gasteiger partial charge in [-0.1, -0.05) is 26.0 Å². The van der Waals surface area contributed by atoms with Gasteiger partial charge in [0, 0.05) is 38.1 Å². The van der Waals surface area contributed by atoms with E-state index < -0.39 is 0 Å². The number of guanidine groups is 1. The Morgan fingerprint density at radius 3 is 3.00 bits per heavy atom. The first-order valence-corrected chi connectivity index (χ1v) is 11.0. The van der Waals surface area contributed by atoms with Crippen molar-refractivity contribution in [3.63, 3.8) is 0 Å². The SMILES string of the molecule is CC(C)C1CN(c2ccnc(Cl)n2)CCN1/C(=N/C#N)Nc1cccc2c1CCNC2. The summed E-state index contributed by atoms with van der Waals surface area (Å²) >= 11 is 6.00. The summed E-state index contributed by atoms with van der Waals surface area (Å²) in [5.41, 5.74) is 3.61. The van der Waals surface area contributed by atoms with Crippen molar-refractivity contribution in [2.24, 2.45) is 10.9 Å². The fourth-order valence-corrected chi connectivity index (χ4v) is 4.48. The average Bonchev–Trinajstić information content (AvgIpc) is 2.78. The van der Waals surface area contributed by atoms with Gasteiger partial charge in [-0.15, -0.1) is 4.99 Å². The van der Waals surface area contributed by atoms with E-state index in [2.05, 4.69) is 67.4 Å². The maximum absolute atomic E-state index is 9.41. The zero-order chi connectivity index (χ0) is 21.8. The summed E-state index contributed by atoms with van der Waals surface area (Å²) in [6.07, 6.45) is 4.63. The Morgan fingerprint density at radius 1 is 1.35 bits per heavy atom. The summed E-state index contributed by atoms with van der Waals surface area (Å²) in [5.74, 6) is 1.77. The highest BCUT2D eigenvalue weighted by atomic mass is 35.5. The molecule has 3 heterocycles. The van der Waals surface area contributed by atoms with Crippen molar-refractivity contribution in [2.75, 3.05) is 36.4 Å². The standard InChI is InChI=1S/C22H27ClN8/c1-15(2)19-13-30(20-7-9-26-21(23)29-20)10-11-31(19)22(27-14-24)28-18-5-3-4-16-12-25-8-6-17(16)18/h3-5,7,9,15,19,25H,6,8,10-13H2,1-2H3,(H,27,28). The minimum atomic E-state index is 0.156. The molecule has 1 aromatic heterocycles. The van der Waals surface area contributed by atoms with E-state index in [1.807, 2.05) is 12.3 Å². The van der Waals surface area contributed by atoms with Crippen LogP contribution in [-0.4, -0.2) is 53.0 Å². The van der Waals surface area contributed by atoms with Crippen LogP contribution < -0.4 is 15.5 Å². The lowest BCUT2D eigenvalue weighted by molar-refractivity contribution is 0.224. The van der Waals surface area contributed by atoms with E-state index in [4.69, 9.17) is 11.6 Å². The smallest absolute Gasteiger partial charge is 0.224 e. The Kier molecular flexibility index (Phi) is 6.54. The molecule has 4 rings (SSSR count). The molecule has 2 aromatic rings. The predicted molar refractivity (Wildman–Crippen MR) is 123 cm³/mol. The number of nitriles is 1. The van der Waals surface area contributed by atoms with Crippen molar-refractivity contribution in [2.45, 2.75) is 32.9 Å². The number of halogens is 1. The summed E-state index contributed by atoms with van der Waals surface area (Å²) in [6.45, 7) is 8.42. The minimum Gasteiger partial charge on any atom is -0.353 e. The number of anilines is 2. The van der Waals surface area contributed by atoms with Crippen LogP contribution in [0.3, 0.4) is 0 Å². The first-order valence-electron chi connectivity index (χ1n) is 10.6. The van der Waals surface area contributed by atoms with Crippen LogP contribution in [0.25, 0.3) is 0 Å². The number of hydrogen-bond donors (Lipinski definition) is 2. The Hall–Kier alpha value is -2.89. The molecular formula is C22H27ClN8. The fraction of sp³-hybridized carbons (Fsp3) is 0.455. The van der Waals surface area contributed by atoms with Crippen molar-refractivity contribution in [3.05, 3.63) is 46.9 Å². The maximum Gasteiger partial charge on any atom is 0.224 e. The van der Waals surface area contributed by atoms with Gasteiger partial charge in [-0.05, 0) is 53.7 Å². The van der Waals surface area contributed by atoms with Crippen molar-refractivity contribution < 1.29 is 0 Å². The van der Waals surface area contributed by atoms with E-state index in [1.54, 1.807) is 6.20 Å². The van der Waals surface area contributed by atoms with E-state index >= 15 is 0 Å². The molecule has 0 aliphatic carbocycles. The minimum absolute atomic E-state index is 0.156. The van der Waals surface area contributed by atoms with Gasteiger partial charge < -0.3 is 20.4 Å². The van der Waals surface area contributed by atoms with Gasteiger partial charge in [-0.25, -0.2) is 9.97 Å². The molecule has 2 N–H and O–H groups in total. The number of benzene rings is 1. The van der Waals surface area contributed by atoms with Crippen LogP contribution in [0.4, 0.5) is 11.5 Å². The van der Waals surface area contributed by atoms with E-state index in [-0.39, 0.29) is 11.3 Å². The highest BCUT2D eigenvalue weighted by Crippen LogP contribution is 2.26. The second kappa shape index (κ2) is 9.50. The molecule has 0 bridgehead atoms. The lowest BCUT2D eigenvalue weighted by Crippen LogP contribution is -2.58. The molecule has 0 saturated carbocycles. The summed E-state index contributed by atoms with van der Waals surface area (Å²) in [5, 5.41) is 16.6. The van der Waals surface area contributed by atoms with Gasteiger partial charge in [0.1, 0.15) is 5.82 Å². The highest BCUT2D eigenvalue weighted by molar-refractivity contribution is 6.28. The van der Waals surface area contributed by atoms with Gasteiger partial charge in [0.05, 0.1) is 6.04 Å². The number of nitrogens with zero attached hydrogens (tertiary/aromatic N) is 6. The molecule has 1 fully saturated rings. The summed E-state index contributed by atoms with van der Waals surface area (Å²) in [6, 6.07) is 8.31. The first kappa shape index (κ1) is 21.3. The third-order valence-electron chi connectivity index (χ3n) is 5.94. The van der Waals surface area contributed by atoms with E-state index in [9.17, 15) is 5.26 Å². The molecule has 8 nitrogen and oxygen atoms in total. The molecule has 0 amide bonds. The van der Waals surface area contributed by atoms with Crippen LogP contribution in [0.2, 0.25) is 5.28 Å². The number of nitrogens with one attached hydrogen (secondary N) is 2. The van der Waals surface area contributed by atoms with Crippen LogP contribution in [0.15, 0.2) is 35.5 Å². The summed E-state index contributed by atoms with van der Waals surface area (Å²) in [4.78, 5) is 17.0. The molecule has 1 aromatic carbocycles. The molecule has 0 spiro atoms. The second-order valence-electron chi connectivity index (χ2n) is 8.17. The second-order valence-corrected chi connectivity index (χ2v) is 8.50. The number of hydrogen-bond acceptors (Lipinski definition) is 6. The Balaban J connectivity index is 1.58. The van der Waals surface area contributed by atoms with Gasteiger partial charge in [0.2, 0.25) is 17.4 Å². The molecule has 1 atom stereocenters. The first-order chi connectivity index (χ1) is 15.1. The Labute approximate surface area is 188 Å². The summed E-state index contributed by atoms with van der Waals surface area (Å²) < 4.78 is 0. The topological polar surface area (TPSA) is 92.5 Å². The monoisotopic (exact) mass is 438 g/mol. The predicted octanol–water partition coefficient (Wildman–Crippen LogP) is 2.87. The van der Waals surface area contributed by atoms with Crippen molar-refractivity contribution in [1.82, 2.24) is 20.2 Å². The normalized spacial score (nSPS) is 19.2. The number of fused-ring (bicyclic) bond motifs is 1. The van der Waals surface area contributed by atoms with Crippen LogP contribution >= 0.6 is 11.6 Å². The van der Waals surface area contributed by atoms with Crippen molar-refractivity contribution in [3.8, 4) is 6.19 Å². The molecule has 1 saturated heterocycles. The quantitative estimate of drug-likeness (QED) is 0.329. The number of piperazine rings is 1. The van der Waals surface area contributed by atoms with Crippen molar-refractivity contribution >= 4 is 29.1 Å². The van der Waals surface area contributed by atoms with Crippen LogP contribution in [0.1, 0.15) is 25.0 Å². The lowest BCUT2D eigenvalue weighted by atomic mass is 9.98. The molecular weight excluding hydrogens is 412 g/mol. The third-order valence-corrected chi connectivity index (χ3v) is 6.12. The number of aromatic nitrogens is 2. The fourth-order valence-electron chi connectivity index (χ4n) is 4.33. The van der Waals surface area contributed by atoms with Gasteiger partial charge in [0.15, 0.2) is 0 Å². The Morgan fingerprint density at radius 2 is 2.23 bits per heavy atom. The zero-order valence-corrected chi connectivity index (χ0v) is 18.6. The largest absolute Gasteiger partial charge is 0.353 e. The van der Waals surface area contributed by atoms with Gasteiger partial charge in [-0.2, -0.15) is 5.26 Å². The Bertz CT molecular complexity index is 999. The molecule has 31 heavy (non-hydrogen) atoms. The average molecular weight is 439 g/mol. The third kappa shape index (κ3) is 4.73. The number of rotatable bonds is 3.